The number of benzene rings is 2. The molecule has 27 heavy (non-hydrogen) atoms. The Kier molecular flexibility index (Phi) is 5.82. The zero-order valence-corrected chi connectivity index (χ0v) is 15.8. The summed E-state index contributed by atoms with van der Waals surface area (Å²) in [5.41, 5.74) is 0.832. The Balaban J connectivity index is 2.10. The van der Waals surface area contributed by atoms with Gasteiger partial charge in [-0.15, -0.1) is 11.3 Å². The summed E-state index contributed by atoms with van der Waals surface area (Å²) in [7, 11) is 0. The molecule has 0 aliphatic carbocycles. The van der Waals surface area contributed by atoms with Gasteiger partial charge in [0.05, 0.1) is 17.5 Å². The number of alkyl halides is 3. The second kappa shape index (κ2) is 8.10. The van der Waals surface area contributed by atoms with Crippen molar-refractivity contribution < 1.29 is 13.2 Å². The largest absolute Gasteiger partial charge is 0.417 e. The highest BCUT2D eigenvalue weighted by atomic mass is 35.5. The third-order valence-corrected chi connectivity index (χ3v) is 4.80. The molecule has 3 rings (SSSR count). The van der Waals surface area contributed by atoms with Crippen molar-refractivity contribution in [2.75, 3.05) is 6.54 Å². The van der Waals surface area contributed by atoms with Gasteiger partial charge >= 0.3 is 6.18 Å². The molecule has 0 unspecified atom stereocenters. The quantitative estimate of drug-likeness (QED) is 0.495. The van der Waals surface area contributed by atoms with E-state index in [4.69, 9.17) is 11.6 Å². The summed E-state index contributed by atoms with van der Waals surface area (Å²) in [5, 5.41) is 6.77. The van der Waals surface area contributed by atoms with Gasteiger partial charge in [0.2, 0.25) is 4.80 Å². The highest BCUT2D eigenvalue weighted by molar-refractivity contribution is 7.07. The Hall–Kier alpha value is -2.38. The molecule has 0 fully saturated rings. The van der Waals surface area contributed by atoms with Crippen LogP contribution in [-0.4, -0.2) is 17.4 Å². The van der Waals surface area contributed by atoms with E-state index in [1.54, 1.807) is 22.9 Å². The molecular weight excluding hydrogens is 395 g/mol. The monoisotopic (exact) mass is 409 g/mol. The van der Waals surface area contributed by atoms with Crippen LogP contribution in [0.15, 0.2) is 64.0 Å². The molecule has 0 N–H and O–H groups in total. The molecule has 0 radical (unpaired) electrons. The third kappa shape index (κ3) is 4.48. The van der Waals surface area contributed by atoms with Crippen LogP contribution in [0.1, 0.15) is 18.1 Å². The predicted molar refractivity (Wildman–Crippen MR) is 103 cm³/mol. The van der Waals surface area contributed by atoms with E-state index in [0.29, 0.717) is 16.4 Å². The van der Waals surface area contributed by atoms with Crippen molar-refractivity contribution in [1.82, 2.24) is 4.68 Å². The summed E-state index contributed by atoms with van der Waals surface area (Å²) in [4.78, 5) is 4.97. The molecule has 3 nitrogen and oxygen atoms in total. The Morgan fingerprint density at radius 1 is 1.11 bits per heavy atom. The first-order valence-electron chi connectivity index (χ1n) is 8.07. The van der Waals surface area contributed by atoms with E-state index in [1.165, 1.54) is 29.7 Å². The van der Waals surface area contributed by atoms with Crippen LogP contribution in [0.2, 0.25) is 5.02 Å². The van der Waals surface area contributed by atoms with Crippen molar-refractivity contribution in [1.29, 1.82) is 0 Å². The van der Waals surface area contributed by atoms with Crippen molar-refractivity contribution in [3.05, 3.63) is 74.9 Å². The molecule has 0 spiro atoms. The third-order valence-electron chi connectivity index (χ3n) is 3.70. The molecule has 0 bridgehead atoms. The summed E-state index contributed by atoms with van der Waals surface area (Å²) >= 11 is 7.31. The number of aromatic nitrogens is 1. The summed E-state index contributed by atoms with van der Waals surface area (Å²) in [6, 6.07) is 12.5. The normalized spacial score (nSPS) is 12.9. The second-order valence-electron chi connectivity index (χ2n) is 5.53. The maximum absolute atomic E-state index is 13.2. The van der Waals surface area contributed by atoms with Gasteiger partial charge in [0.25, 0.3) is 0 Å². The van der Waals surface area contributed by atoms with Gasteiger partial charge in [0.1, 0.15) is 0 Å². The smallest absolute Gasteiger partial charge is 0.258 e. The molecule has 3 aromatic rings. The van der Waals surface area contributed by atoms with Crippen LogP contribution >= 0.6 is 22.9 Å². The number of halogens is 4. The second-order valence-corrected chi connectivity index (χ2v) is 6.80. The van der Waals surface area contributed by atoms with Crippen LogP contribution < -0.4 is 4.80 Å². The fourth-order valence-electron chi connectivity index (χ4n) is 2.46. The van der Waals surface area contributed by atoms with Gasteiger partial charge in [-0.2, -0.15) is 18.3 Å². The average Bonchev–Trinajstić information content (AvgIpc) is 3.03. The Morgan fingerprint density at radius 3 is 2.48 bits per heavy atom. The Bertz CT molecular complexity index is 1020. The molecule has 0 atom stereocenters. The van der Waals surface area contributed by atoms with Crippen LogP contribution in [0.3, 0.4) is 0 Å². The zero-order chi connectivity index (χ0) is 19.4. The van der Waals surface area contributed by atoms with Crippen molar-refractivity contribution in [3.8, 4) is 11.3 Å². The van der Waals surface area contributed by atoms with Crippen LogP contribution in [0.4, 0.5) is 13.2 Å². The average molecular weight is 410 g/mol. The minimum absolute atomic E-state index is 0.00629. The van der Waals surface area contributed by atoms with E-state index in [-0.39, 0.29) is 5.56 Å². The van der Waals surface area contributed by atoms with E-state index in [9.17, 15) is 13.2 Å². The first kappa shape index (κ1) is 19.4. The molecule has 1 aromatic heterocycles. The minimum Gasteiger partial charge on any atom is -0.258 e. The highest BCUT2D eigenvalue weighted by Gasteiger charge is 2.32. The summed E-state index contributed by atoms with van der Waals surface area (Å²) in [6.07, 6.45) is -3.23. The summed E-state index contributed by atoms with van der Waals surface area (Å²) in [6.45, 7) is 2.42. The number of nitrogens with zero attached hydrogens (tertiary/aromatic N) is 3. The molecular formula is C19H15ClF3N3S. The first-order chi connectivity index (χ1) is 12.9. The Labute approximate surface area is 163 Å². The van der Waals surface area contributed by atoms with Gasteiger partial charge in [0.15, 0.2) is 0 Å². The van der Waals surface area contributed by atoms with Crippen LogP contribution in [0.5, 0.6) is 0 Å². The molecule has 2 aromatic carbocycles. The van der Waals surface area contributed by atoms with Gasteiger partial charge in [0, 0.05) is 28.1 Å². The summed E-state index contributed by atoms with van der Waals surface area (Å²) in [5.74, 6) is 0. The SMILES string of the molecule is CCN=c1scc(-c2ccc(Cl)cc2)n1N=Cc1ccccc1C(F)(F)F. The standard InChI is InChI=1S/C19H15ClF3N3S/c1-2-24-18-26(17(12-27-18)13-7-9-15(20)10-8-13)25-11-14-5-3-4-6-16(14)19(21,22)23/h3-12H,2H2,1H3. The fourth-order valence-corrected chi connectivity index (χ4v) is 3.49. The predicted octanol–water partition coefficient (Wildman–Crippen LogP) is 5.69. The lowest BCUT2D eigenvalue weighted by Crippen LogP contribution is -2.13. The van der Waals surface area contributed by atoms with Crippen molar-refractivity contribution in [2.24, 2.45) is 10.1 Å². The molecule has 0 saturated heterocycles. The zero-order valence-electron chi connectivity index (χ0n) is 14.2. The molecule has 0 amide bonds. The van der Waals surface area contributed by atoms with Gasteiger partial charge in [-0.25, -0.2) is 4.68 Å². The van der Waals surface area contributed by atoms with Gasteiger partial charge in [-0.1, -0.05) is 41.9 Å². The minimum atomic E-state index is -4.45. The van der Waals surface area contributed by atoms with E-state index in [2.05, 4.69) is 10.1 Å². The number of hydrogen-bond donors (Lipinski definition) is 0. The van der Waals surface area contributed by atoms with E-state index >= 15 is 0 Å². The molecule has 0 saturated carbocycles. The topological polar surface area (TPSA) is 29.6 Å². The van der Waals surface area contributed by atoms with Gasteiger partial charge in [-0.3, -0.25) is 4.99 Å². The lowest BCUT2D eigenvalue weighted by molar-refractivity contribution is -0.137. The van der Waals surface area contributed by atoms with Crippen molar-refractivity contribution in [3.63, 3.8) is 0 Å². The number of thiazole rings is 1. The molecule has 140 valence electrons. The number of rotatable bonds is 4. The number of hydrogen-bond acceptors (Lipinski definition) is 3. The molecule has 0 aliphatic rings. The lowest BCUT2D eigenvalue weighted by atomic mass is 10.1. The Morgan fingerprint density at radius 2 is 1.81 bits per heavy atom. The van der Waals surface area contributed by atoms with Gasteiger partial charge < -0.3 is 0 Å². The van der Waals surface area contributed by atoms with Crippen LogP contribution in [0.25, 0.3) is 11.3 Å². The van der Waals surface area contributed by atoms with Gasteiger partial charge in [-0.05, 0) is 25.1 Å². The van der Waals surface area contributed by atoms with E-state index in [0.717, 1.165) is 17.3 Å². The first-order valence-corrected chi connectivity index (χ1v) is 9.33. The fraction of sp³-hybridized carbons (Fsp3) is 0.158. The molecule has 8 heteroatoms. The lowest BCUT2D eigenvalue weighted by Gasteiger charge is -2.09. The summed E-state index contributed by atoms with van der Waals surface area (Å²) < 4.78 is 41.1. The molecule has 0 aliphatic heterocycles. The maximum atomic E-state index is 13.2. The highest BCUT2D eigenvalue weighted by Crippen LogP contribution is 2.31. The van der Waals surface area contributed by atoms with Crippen LogP contribution in [0, 0.1) is 0 Å². The van der Waals surface area contributed by atoms with Crippen LogP contribution in [-0.2, 0) is 6.18 Å². The maximum Gasteiger partial charge on any atom is 0.417 e. The van der Waals surface area contributed by atoms with E-state index < -0.39 is 11.7 Å². The van der Waals surface area contributed by atoms with E-state index in [1.807, 2.05) is 24.4 Å². The molecule has 1 heterocycles. The van der Waals surface area contributed by atoms with Crippen molar-refractivity contribution in [2.45, 2.75) is 13.1 Å². The van der Waals surface area contributed by atoms with Crippen molar-refractivity contribution >= 4 is 29.2 Å².